The average molecular weight is 344 g/mol. The van der Waals surface area contributed by atoms with Crippen molar-refractivity contribution in [1.29, 1.82) is 0 Å². The molecule has 2 amide bonds. The molecule has 7 heteroatoms. The van der Waals surface area contributed by atoms with E-state index in [1.807, 2.05) is 35.2 Å². The molecule has 2 aromatic rings. The number of H-pyrrole nitrogens is 1. The number of carbonyl (C=O) groups excluding carboxylic acids is 2. The first-order chi connectivity index (χ1) is 11.6. The summed E-state index contributed by atoms with van der Waals surface area (Å²) in [6.45, 7) is 2.93. The number of hydrogen-bond donors (Lipinski definition) is 2. The molecule has 1 aromatic carbocycles. The first-order valence-corrected chi connectivity index (χ1v) is 8.39. The summed E-state index contributed by atoms with van der Waals surface area (Å²) in [4.78, 5) is 28.8. The Balaban J connectivity index is 1.73. The van der Waals surface area contributed by atoms with Crippen molar-refractivity contribution in [1.82, 2.24) is 19.8 Å². The predicted molar refractivity (Wildman–Crippen MR) is 93.7 cm³/mol. The van der Waals surface area contributed by atoms with E-state index in [1.165, 1.54) is 0 Å². The van der Waals surface area contributed by atoms with Gasteiger partial charge < -0.3 is 15.2 Å². The van der Waals surface area contributed by atoms with Crippen LogP contribution < -0.4 is 5.32 Å². The zero-order chi connectivity index (χ0) is 17.1. The van der Waals surface area contributed by atoms with Crippen molar-refractivity contribution < 1.29 is 9.59 Å². The summed E-state index contributed by atoms with van der Waals surface area (Å²) in [5, 5.41) is 3.05. The van der Waals surface area contributed by atoms with E-state index in [0.717, 1.165) is 18.5 Å². The summed E-state index contributed by atoms with van der Waals surface area (Å²) in [7, 11) is 0. The molecule has 1 aromatic heterocycles. The van der Waals surface area contributed by atoms with Gasteiger partial charge in [0, 0.05) is 37.9 Å². The van der Waals surface area contributed by atoms with Gasteiger partial charge in [0.2, 0.25) is 5.91 Å². The van der Waals surface area contributed by atoms with E-state index < -0.39 is 0 Å². The third-order valence-electron chi connectivity index (χ3n) is 4.30. The second kappa shape index (κ2) is 7.00. The van der Waals surface area contributed by atoms with Gasteiger partial charge in [-0.25, -0.2) is 0 Å². The van der Waals surface area contributed by atoms with Gasteiger partial charge in [-0.1, -0.05) is 18.2 Å². The lowest BCUT2D eigenvalue weighted by Crippen LogP contribution is -2.46. The minimum Gasteiger partial charge on any atom is -0.348 e. The molecule has 0 radical (unpaired) electrons. The number of rotatable bonds is 3. The largest absolute Gasteiger partial charge is 0.348 e. The molecule has 1 aliphatic rings. The number of carbonyl (C=O) groups is 2. The SMILES string of the molecule is CC(=O)N1CCC(NC(=O)c2c[nH]c(=S)n2-c2ccccc2)CC1. The number of piperidine rings is 1. The molecule has 6 nitrogen and oxygen atoms in total. The molecular formula is C17H20N4O2S. The van der Waals surface area contributed by atoms with E-state index in [4.69, 9.17) is 12.2 Å². The third kappa shape index (κ3) is 3.41. The second-order valence-corrected chi connectivity index (χ2v) is 6.29. The first kappa shape index (κ1) is 16.4. The first-order valence-electron chi connectivity index (χ1n) is 7.98. The lowest BCUT2D eigenvalue weighted by Gasteiger charge is -2.31. The molecule has 24 heavy (non-hydrogen) atoms. The Labute approximate surface area is 145 Å². The molecule has 0 unspecified atom stereocenters. The van der Waals surface area contributed by atoms with Crippen LogP contribution in [0.25, 0.3) is 5.69 Å². The summed E-state index contributed by atoms with van der Waals surface area (Å²) >= 11 is 5.31. The van der Waals surface area contributed by atoms with Crippen LogP contribution in [0.1, 0.15) is 30.3 Å². The Hall–Kier alpha value is -2.41. The highest BCUT2D eigenvalue weighted by atomic mass is 32.1. The molecule has 0 atom stereocenters. The normalized spacial score (nSPS) is 15.3. The highest BCUT2D eigenvalue weighted by Gasteiger charge is 2.23. The number of likely N-dealkylation sites (tertiary alicyclic amines) is 1. The van der Waals surface area contributed by atoms with Crippen molar-refractivity contribution in [3.8, 4) is 5.69 Å². The van der Waals surface area contributed by atoms with Gasteiger partial charge in [0.1, 0.15) is 5.69 Å². The fourth-order valence-electron chi connectivity index (χ4n) is 2.97. The van der Waals surface area contributed by atoms with Gasteiger partial charge >= 0.3 is 0 Å². The number of nitrogens with zero attached hydrogens (tertiary/aromatic N) is 2. The van der Waals surface area contributed by atoms with E-state index in [1.54, 1.807) is 17.7 Å². The van der Waals surface area contributed by atoms with Crippen molar-refractivity contribution in [3.63, 3.8) is 0 Å². The van der Waals surface area contributed by atoms with Crippen LogP contribution >= 0.6 is 12.2 Å². The van der Waals surface area contributed by atoms with Crippen LogP contribution in [0.15, 0.2) is 36.5 Å². The number of aromatic amines is 1. The number of para-hydroxylation sites is 1. The van der Waals surface area contributed by atoms with E-state index in [9.17, 15) is 9.59 Å². The molecule has 0 saturated carbocycles. The standard InChI is InChI=1S/C17H20N4O2S/c1-12(22)20-9-7-13(8-10-20)19-16(23)15-11-18-17(24)21(15)14-5-3-2-4-6-14/h2-6,11,13H,7-10H2,1H3,(H,18,24)(H,19,23). The molecule has 3 rings (SSSR count). The Morgan fingerprint density at radius 3 is 2.50 bits per heavy atom. The number of amides is 2. The maximum absolute atomic E-state index is 12.7. The predicted octanol–water partition coefficient (Wildman–Crippen LogP) is 2.28. The number of imidazole rings is 1. The van der Waals surface area contributed by atoms with E-state index >= 15 is 0 Å². The highest BCUT2D eigenvalue weighted by Crippen LogP contribution is 2.15. The molecule has 126 valence electrons. The van der Waals surface area contributed by atoms with Crippen molar-refractivity contribution in [3.05, 3.63) is 47.0 Å². The number of benzene rings is 1. The van der Waals surface area contributed by atoms with Crippen LogP contribution in [-0.4, -0.2) is 45.4 Å². The van der Waals surface area contributed by atoms with E-state index in [0.29, 0.717) is 23.6 Å². The van der Waals surface area contributed by atoms with Gasteiger partial charge in [-0.3, -0.25) is 14.2 Å². The topological polar surface area (TPSA) is 70.1 Å². The molecule has 0 bridgehead atoms. The van der Waals surface area contributed by atoms with Crippen LogP contribution in [0.4, 0.5) is 0 Å². The summed E-state index contributed by atoms with van der Waals surface area (Å²) < 4.78 is 2.22. The quantitative estimate of drug-likeness (QED) is 0.839. The molecule has 1 saturated heterocycles. The zero-order valence-electron chi connectivity index (χ0n) is 13.5. The van der Waals surface area contributed by atoms with Crippen molar-refractivity contribution >= 4 is 24.0 Å². The third-order valence-corrected chi connectivity index (χ3v) is 4.60. The van der Waals surface area contributed by atoms with Crippen LogP contribution in [0.5, 0.6) is 0 Å². The highest BCUT2D eigenvalue weighted by molar-refractivity contribution is 7.71. The van der Waals surface area contributed by atoms with Crippen LogP contribution in [0.3, 0.4) is 0 Å². The maximum Gasteiger partial charge on any atom is 0.270 e. The Kier molecular flexibility index (Phi) is 4.80. The second-order valence-electron chi connectivity index (χ2n) is 5.90. The fourth-order valence-corrected chi connectivity index (χ4v) is 3.23. The molecule has 1 aliphatic heterocycles. The van der Waals surface area contributed by atoms with Crippen LogP contribution in [0, 0.1) is 4.77 Å². The zero-order valence-corrected chi connectivity index (χ0v) is 14.3. The molecule has 1 fully saturated rings. The lowest BCUT2D eigenvalue weighted by atomic mass is 10.0. The molecule has 2 heterocycles. The number of nitrogens with one attached hydrogen (secondary N) is 2. The lowest BCUT2D eigenvalue weighted by molar-refractivity contribution is -0.129. The van der Waals surface area contributed by atoms with Gasteiger partial charge in [0.25, 0.3) is 5.91 Å². The van der Waals surface area contributed by atoms with Gasteiger partial charge in [-0.15, -0.1) is 0 Å². The average Bonchev–Trinajstić information content (AvgIpc) is 2.98. The summed E-state index contributed by atoms with van der Waals surface area (Å²) in [5.74, 6) is -0.0736. The summed E-state index contributed by atoms with van der Waals surface area (Å²) in [5.41, 5.74) is 1.33. The Morgan fingerprint density at radius 1 is 1.21 bits per heavy atom. The van der Waals surface area contributed by atoms with Gasteiger partial charge in [0.05, 0.1) is 0 Å². The van der Waals surface area contributed by atoms with Gasteiger partial charge in [0.15, 0.2) is 4.77 Å². The fraction of sp³-hybridized carbons (Fsp3) is 0.353. The summed E-state index contributed by atoms with van der Waals surface area (Å²) in [6, 6.07) is 9.62. The molecular weight excluding hydrogens is 324 g/mol. The molecule has 2 N–H and O–H groups in total. The Morgan fingerprint density at radius 2 is 1.88 bits per heavy atom. The number of hydrogen-bond acceptors (Lipinski definition) is 3. The van der Waals surface area contributed by atoms with Crippen LogP contribution in [-0.2, 0) is 4.79 Å². The van der Waals surface area contributed by atoms with Gasteiger partial charge in [-0.05, 0) is 37.2 Å². The molecule has 0 spiro atoms. The number of aromatic nitrogens is 2. The molecule has 0 aliphatic carbocycles. The smallest absolute Gasteiger partial charge is 0.270 e. The minimum absolute atomic E-state index is 0.0702. The van der Waals surface area contributed by atoms with E-state index in [2.05, 4.69) is 10.3 Å². The monoisotopic (exact) mass is 344 g/mol. The van der Waals surface area contributed by atoms with Crippen molar-refractivity contribution in [2.45, 2.75) is 25.8 Å². The van der Waals surface area contributed by atoms with Gasteiger partial charge in [-0.2, -0.15) is 0 Å². The minimum atomic E-state index is -0.160. The summed E-state index contributed by atoms with van der Waals surface area (Å²) in [6.07, 6.45) is 3.17. The van der Waals surface area contributed by atoms with Crippen LogP contribution in [0.2, 0.25) is 0 Å². The van der Waals surface area contributed by atoms with Crippen molar-refractivity contribution in [2.75, 3.05) is 13.1 Å². The van der Waals surface area contributed by atoms with E-state index in [-0.39, 0.29) is 17.9 Å². The maximum atomic E-state index is 12.7. The van der Waals surface area contributed by atoms with Crippen molar-refractivity contribution in [2.24, 2.45) is 0 Å². The Bertz CT molecular complexity index is 788.